The second-order valence-electron chi connectivity index (χ2n) is 6.31. The Balaban J connectivity index is 2.12. The van der Waals surface area contributed by atoms with Crippen LogP contribution in [0.25, 0.3) is 11.1 Å². The zero-order valence-corrected chi connectivity index (χ0v) is 11.7. The molecule has 2 rings (SSSR count). The van der Waals surface area contributed by atoms with E-state index in [1.54, 1.807) is 0 Å². The van der Waals surface area contributed by atoms with Gasteiger partial charge in [-0.25, -0.2) is 4.98 Å². The molecule has 1 atom stereocenters. The van der Waals surface area contributed by atoms with Crippen molar-refractivity contribution >= 4 is 11.1 Å². The van der Waals surface area contributed by atoms with Crippen molar-refractivity contribution in [2.75, 3.05) is 0 Å². The second-order valence-corrected chi connectivity index (χ2v) is 6.31. The standard InChI is InChI=1S/C15H22N2O/c1-10-5-6-12-13(7-10)18-14(17-12)8-11(16)9-15(2,3)4/h5-7,11H,8-9,16H2,1-4H3. The molecule has 3 heteroatoms. The fourth-order valence-electron chi connectivity index (χ4n) is 2.25. The maximum atomic E-state index is 6.14. The number of aryl methyl sites for hydroxylation is 1. The van der Waals surface area contributed by atoms with Gasteiger partial charge in [0.1, 0.15) is 5.52 Å². The first-order valence-electron chi connectivity index (χ1n) is 6.45. The van der Waals surface area contributed by atoms with Gasteiger partial charge in [0.25, 0.3) is 0 Å². The molecule has 0 amide bonds. The molecule has 2 N–H and O–H groups in total. The summed E-state index contributed by atoms with van der Waals surface area (Å²) in [6.45, 7) is 8.64. The van der Waals surface area contributed by atoms with Crippen LogP contribution in [0.15, 0.2) is 22.6 Å². The van der Waals surface area contributed by atoms with Crippen LogP contribution in [0.5, 0.6) is 0 Å². The van der Waals surface area contributed by atoms with Gasteiger partial charge in [0, 0.05) is 12.5 Å². The van der Waals surface area contributed by atoms with Crippen molar-refractivity contribution in [1.82, 2.24) is 4.98 Å². The van der Waals surface area contributed by atoms with Crippen LogP contribution in [-0.4, -0.2) is 11.0 Å². The van der Waals surface area contributed by atoms with Crippen LogP contribution in [-0.2, 0) is 6.42 Å². The average Bonchev–Trinajstić information content (AvgIpc) is 2.55. The topological polar surface area (TPSA) is 52.0 Å². The smallest absolute Gasteiger partial charge is 0.197 e. The highest BCUT2D eigenvalue weighted by atomic mass is 16.3. The molecule has 0 aliphatic heterocycles. The molecule has 0 aliphatic carbocycles. The lowest BCUT2D eigenvalue weighted by Gasteiger charge is -2.22. The van der Waals surface area contributed by atoms with Crippen LogP contribution in [0.4, 0.5) is 0 Å². The predicted molar refractivity (Wildman–Crippen MR) is 74.5 cm³/mol. The van der Waals surface area contributed by atoms with Crippen LogP contribution in [0.2, 0.25) is 0 Å². The molecular formula is C15H22N2O. The highest BCUT2D eigenvalue weighted by Crippen LogP contribution is 2.23. The molecule has 1 aromatic heterocycles. The number of nitrogens with two attached hydrogens (primary N) is 1. The highest BCUT2D eigenvalue weighted by Gasteiger charge is 2.18. The summed E-state index contributed by atoms with van der Waals surface area (Å²) in [6.07, 6.45) is 1.66. The molecule has 0 bridgehead atoms. The number of oxazole rings is 1. The van der Waals surface area contributed by atoms with Gasteiger partial charge in [-0.05, 0) is 36.5 Å². The van der Waals surface area contributed by atoms with Gasteiger partial charge >= 0.3 is 0 Å². The van der Waals surface area contributed by atoms with Gasteiger partial charge in [-0.15, -0.1) is 0 Å². The van der Waals surface area contributed by atoms with Crippen LogP contribution < -0.4 is 5.73 Å². The average molecular weight is 246 g/mol. The van der Waals surface area contributed by atoms with E-state index in [-0.39, 0.29) is 11.5 Å². The number of fused-ring (bicyclic) bond motifs is 1. The number of rotatable bonds is 3. The van der Waals surface area contributed by atoms with E-state index in [2.05, 4.69) is 25.8 Å². The third-order valence-corrected chi connectivity index (χ3v) is 2.90. The largest absolute Gasteiger partial charge is 0.441 e. The van der Waals surface area contributed by atoms with Crippen LogP contribution in [0.1, 0.15) is 38.6 Å². The number of nitrogens with zero attached hydrogens (tertiary/aromatic N) is 1. The number of aromatic nitrogens is 1. The first-order valence-corrected chi connectivity index (χ1v) is 6.45. The Labute approximate surface area is 108 Å². The summed E-state index contributed by atoms with van der Waals surface area (Å²) in [7, 11) is 0. The maximum absolute atomic E-state index is 6.14. The lowest BCUT2D eigenvalue weighted by Crippen LogP contribution is -2.28. The summed E-state index contributed by atoms with van der Waals surface area (Å²) in [5.74, 6) is 0.743. The van der Waals surface area contributed by atoms with Crippen molar-refractivity contribution in [2.45, 2.75) is 46.6 Å². The first kappa shape index (κ1) is 13.1. The monoisotopic (exact) mass is 246 g/mol. The van der Waals surface area contributed by atoms with Crippen molar-refractivity contribution in [2.24, 2.45) is 11.1 Å². The Hall–Kier alpha value is -1.35. The van der Waals surface area contributed by atoms with E-state index in [1.165, 1.54) is 5.56 Å². The van der Waals surface area contributed by atoms with Crippen molar-refractivity contribution in [3.63, 3.8) is 0 Å². The normalized spacial score (nSPS) is 14.1. The van der Waals surface area contributed by atoms with Crippen LogP contribution >= 0.6 is 0 Å². The van der Waals surface area contributed by atoms with Gasteiger partial charge in [0.2, 0.25) is 0 Å². The lowest BCUT2D eigenvalue weighted by molar-refractivity contribution is 0.329. The molecule has 0 saturated heterocycles. The van der Waals surface area contributed by atoms with E-state index >= 15 is 0 Å². The number of hydrogen-bond acceptors (Lipinski definition) is 3. The number of benzene rings is 1. The van der Waals surface area contributed by atoms with Crippen molar-refractivity contribution in [3.8, 4) is 0 Å². The molecule has 2 aromatic rings. The molecule has 0 saturated carbocycles. The third kappa shape index (κ3) is 3.33. The molecule has 98 valence electrons. The molecule has 0 aliphatic rings. The minimum Gasteiger partial charge on any atom is -0.441 e. The van der Waals surface area contributed by atoms with E-state index < -0.39 is 0 Å². The Morgan fingerprint density at radius 3 is 2.72 bits per heavy atom. The second kappa shape index (κ2) is 4.73. The minimum absolute atomic E-state index is 0.0964. The van der Waals surface area contributed by atoms with E-state index in [9.17, 15) is 0 Å². The van der Waals surface area contributed by atoms with Gasteiger partial charge in [-0.1, -0.05) is 26.8 Å². The fraction of sp³-hybridized carbons (Fsp3) is 0.533. The quantitative estimate of drug-likeness (QED) is 0.902. The highest BCUT2D eigenvalue weighted by molar-refractivity contribution is 5.73. The summed E-state index contributed by atoms with van der Waals surface area (Å²) >= 11 is 0. The van der Waals surface area contributed by atoms with E-state index in [4.69, 9.17) is 10.2 Å². The third-order valence-electron chi connectivity index (χ3n) is 2.90. The fourth-order valence-corrected chi connectivity index (χ4v) is 2.25. The lowest BCUT2D eigenvalue weighted by atomic mass is 9.87. The molecule has 1 aromatic carbocycles. The van der Waals surface area contributed by atoms with Crippen molar-refractivity contribution in [3.05, 3.63) is 29.7 Å². The van der Waals surface area contributed by atoms with Crippen molar-refractivity contribution < 1.29 is 4.42 Å². The van der Waals surface area contributed by atoms with Gasteiger partial charge in [-0.2, -0.15) is 0 Å². The van der Waals surface area contributed by atoms with Gasteiger partial charge in [-0.3, -0.25) is 0 Å². The summed E-state index contributed by atoms with van der Waals surface area (Å²) in [5.41, 5.74) is 9.34. The Morgan fingerprint density at radius 2 is 2.06 bits per heavy atom. The first-order chi connectivity index (χ1) is 8.33. The molecule has 0 fully saturated rings. The molecule has 18 heavy (non-hydrogen) atoms. The Morgan fingerprint density at radius 1 is 1.33 bits per heavy atom. The van der Waals surface area contributed by atoms with Crippen LogP contribution in [0, 0.1) is 12.3 Å². The molecule has 0 radical (unpaired) electrons. The zero-order chi connectivity index (χ0) is 13.3. The Bertz CT molecular complexity index is 537. The van der Waals surface area contributed by atoms with Gasteiger partial charge in [0.15, 0.2) is 11.5 Å². The summed E-state index contributed by atoms with van der Waals surface area (Å²) in [5, 5.41) is 0. The predicted octanol–water partition coefficient (Wildman–Crippen LogP) is 3.44. The SMILES string of the molecule is Cc1ccc2nc(CC(N)CC(C)(C)C)oc2c1. The summed E-state index contributed by atoms with van der Waals surface area (Å²) in [4.78, 5) is 4.48. The minimum atomic E-state index is 0.0964. The Kier molecular flexibility index (Phi) is 3.44. The van der Waals surface area contributed by atoms with Gasteiger partial charge < -0.3 is 10.2 Å². The summed E-state index contributed by atoms with van der Waals surface area (Å²) in [6, 6.07) is 6.15. The molecule has 3 nitrogen and oxygen atoms in total. The zero-order valence-electron chi connectivity index (χ0n) is 11.7. The maximum Gasteiger partial charge on any atom is 0.197 e. The van der Waals surface area contributed by atoms with E-state index in [0.29, 0.717) is 6.42 Å². The van der Waals surface area contributed by atoms with Crippen LogP contribution in [0.3, 0.4) is 0 Å². The molecule has 0 spiro atoms. The summed E-state index contributed by atoms with van der Waals surface area (Å²) < 4.78 is 5.74. The van der Waals surface area contributed by atoms with E-state index in [1.807, 2.05) is 25.1 Å². The molecule has 1 heterocycles. The number of hydrogen-bond donors (Lipinski definition) is 1. The molecular weight excluding hydrogens is 224 g/mol. The van der Waals surface area contributed by atoms with E-state index in [0.717, 1.165) is 23.4 Å². The van der Waals surface area contributed by atoms with Crippen molar-refractivity contribution in [1.29, 1.82) is 0 Å². The van der Waals surface area contributed by atoms with Gasteiger partial charge in [0.05, 0.1) is 0 Å². The molecule has 1 unspecified atom stereocenters.